The minimum Gasteiger partial charge on any atom is -0.353 e. The van der Waals surface area contributed by atoms with Crippen molar-refractivity contribution in [2.45, 2.75) is 20.8 Å². The Kier molecular flexibility index (Phi) is 9.30. The van der Waals surface area contributed by atoms with Gasteiger partial charge in [-0.2, -0.15) is 0 Å². The zero-order chi connectivity index (χ0) is 12.4. The van der Waals surface area contributed by atoms with E-state index in [9.17, 15) is 19.2 Å². The van der Waals surface area contributed by atoms with Crippen LogP contribution in [0.1, 0.15) is 20.8 Å². The number of hydrogen-bond acceptors (Lipinski definition) is 4. The van der Waals surface area contributed by atoms with Gasteiger partial charge in [0.05, 0.1) is 0 Å². The molecule has 86 valence electrons. The van der Waals surface area contributed by atoms with Gasteiger partial charge in [0.2, 0.25) is 11.6 Å². The third-order valence-corrected chi connectivity index (χ3v) is 1.20. The molecule has 0 unspecified atom stereocenters. The van der Waals surface area contributed by atoms with Gasteiger partial charge in [0, 0.05) is 27.4 Å². The Labute approximate surface area is 88.4 Å². The van der Waals surface area contributed by atoms with Crippen molar-refractivity contribution in [2.75, 3.05) is 13.6 Å². The van der Waals surface area contributed by atoms with Crippen LogP contribution < -0.4 is 10.6 Å². The lowest BCUT2D eigenvalue weighted by atomic mass is 10.4. The van der Waals surface area contributed by atoms with Crippen molar-refractivity contribution in [1.82, 2.24) is 10.6 Å². The highest BCUT2D eigenvalue weighted by Crippen LogP contribution is 1.66. The number of likely N-dealkylation sites (N-methyl/N-ethyl adjacent to an activating group) is 2. The van der Waals surface area contributed by atoms with Crippen molar-refractivity contribution in [1.29, 1.82) is 0 Å². The Balaban J connectivity index is 0. The summed E-state index contributed by atoms with van der Waals surface area (Å²) < 4.78 is 0. The van der Waals surface area contributed by atoms with Gasteiger partial charge in [-0.15, -0.1) is 0 Å². The molecule has 0 heterocycles. The number of Topliss-reactive ketones (excluding diaryl/α,β-unsaturated/α-hetero) is 2. The van der Waals surface area contributed by atoms with E-state index >= 15 is 0 Å². The molecule has 0 aliphatic heterocycles. The third-order valence-electron chi connectivity index (χ3n) is 1.20. The summed E-state index contributed by atoms with van der Waals surface area (Å²) in [6.07, 6.45) is 0. The standard InChI is InChI=1S/C5H9NO2.C4H7NO2/c1-3-6-5(8)4(2)7;1-3(6)4(7)5-2/h3H2,1-2H3,(H,6,8);1-2H3,(H,5,7). The molecule has 2 amide bonds. The molecule has 15 heavy (non-hydrogen) atoms. The van der Waals surface area contributed by atoms with Crippen LogP contribution in [0, 0.1) is 0 Å². The molecule has 0 spiro atoms. The van der Waals surface area contributed by atoms with Gasteiger partial charge < -0.3 is 10.6 Å². The fourth-order valence-electron chi connectivity index (χ4n) is 0.461. The summed E-state index contributed by atoms with van der Waals surface area (Å²) in [7, 11) is 1.42. The molecule has 0 aromatic rings. The number of carbonyl (C=O) groups is 4. The molecule has 0 saturated heterocycles. The monoisotopic (exact) mass is 216 g/mol. The summed E-state index contributed by atoms with van der Waals surface area (Å²) in [6, 6.07) is 0. The lowest BCUT2D eigenvalue weighted by molar-refractivity contribution is -0.136. The van der Waals surface area contributed by atoms with Gasteiger partial charge >= 0.3 is 0 Å². The van der Waals surface area contributed by atoms with Crippen LogP contribution in [0.3, 0.4) is 0 Å². The fraction of sp³-hybridized carbons (Fsp3) is 0.556. The Bertz CT molecular complexity index is 261. The number of amides is 2. The number of rotatable bonds is 3. The van der Waals surface area contributed by atoms with E-state index in [0.717, 1.165) is 0 Å². The highest BCUT2D eigenvalue weighted by Gasteiger charge is 2.02. The quantitative estimate of drug-likeness (QED) is 0.594. The second-order valence-electron chi connectivity index (χ2n) is 2.55. The van der Waals surface area contributed by atoms with Crippen molar-refractivity contribution < 1.29 is 19.2 Å². The molecule has 0 aromatic heterocycles. The van der Waals surface area contributed by atoms with Crippen LogP contribution in [0.4, 0.5) is 0 Å². The highest BCUT2D eigenvalue weighted by molar-refractivity contribution is 6.35. The average Bonchev–Trinajstić information content (AvgIpc) is 2.17. The van der Waals surface area contributed by atoms with Gasteiger partial charge in [-0.05, 0) is 6.92 Å². The van der Waals surface area contributed by atoms with Gasteiger partial charge in [-0.1, -0.05) is 0 Å². The summed E-state index contributed by atoms with van der Waals surface area (Å²) in [5.74, 6) is -1.94. The normalized spacial score (nSPS) is 8.00. The fourth-order valence-corrected chi connectivity index (χ4v) is 0.461. The maximum atomic E-state index is 10.3. The molecule has 6 nitrogen and oxygen atoms in total. The van der Waals surface area contributed by atoms with E-state index in [4.69, 9.17) is 0 Å². The summed E-state index contributed by atoms with van der Waals surface area (Å²) in [5.41, 5.74) is 0. The summed E-state index contributed by atoms with van der Waals surface area (Å²) in [4.78, 5) is 40.4. The molecule has 0 radical (unpaired) electrons. The Hall–Kier alpha value is -1.72. The van der Waals surface area contributed by atoms with E-state index in [0.29, 0.717) is 6.54 Å². The number of nitrogens with one attached hydrogen (secondary N) is 2. The second kappa shape index (κ2) is 8.86. The van der Waals surface area contributed by atoms with Crippen LogP contribution in [-0.4, -0.2) is 37.0 Å². The third kappa shape index (κ3) is 10.2. The molecule has 0 saturated carbocycles. The molecular weight excluding hydrogens is 200 g/mol. The molecule has 0 atom stereocenters. The molecule has 0 aliphatic carbocycles. The summed E-state index contributed by atoms with van der Waals surface area (Å²) in [5, 5.41) is 4.53. The van der Waals surface area contributed by atoms with Gasteiger partial charge in [0.15, 0.2) is 0 Å². The Morgan fingerprint density at radius 1 is 0.933 bits per heavy atom. The average molecular weight is 216 g/mol. The van der Waals surface area contributed by atoms with Gasteiger partial charge in [0.25, 0.3) is 11.8 Å². The van der Waals surface area contributed by atoms with E-state index in [1.807, 2.05) is 0 Å². The lowest BCUT2D eigenvalue weighted by Crippen LogP contribution is -2.28. The molecule has 0 bridgehead atoms. The number of carbonyl (C=O) groups excluding carboxylic acids is 4. The van der Waals surface area contributed by atoms with Crippen molar-refractivity contribution in [2.24, 2.45) is 0 Å². The molecule has 0 aliphatic rings. The zero-order valence-electron chi connectivity index (χ0n) is 9.34. The van der Waals surface area contributed by atoms with Crippen molar-refractivity contribution in [3.05, 3.63) is 0 Å². The first kappa shape index (κ1) is 15.7. The Morgan fingerprint density at radius 3 is 1.40 bits per heavy atom. The van der Waals surface area contributed by atoms with E-state index in [1.165, 1.54) is 20.9 Å². The topological polar surface area (TPSA) is 92.3 Å². The zero-order valence-corrected chi connectivity index (χ0v) is 9.34. The van der Waals surface area contributed by atoms with Crippen LogP contribution in [0.2, 0.25) is 0 Å². The van der Waals surface area contributed by atoms with Crippen LogP contribution in [0.5, 0.6) is 0 Å². The lowest BCUT2D eigenvalue weighted by Gasteiger charge is -1.93. The van der Waals surface area contributed by atoms with E-state index in [2.05, 4.69) is 10.6 Å². The van der Waals surface area contributed by atoms with E-state index in [1.54, 1.807) is 6.92 Å². The van der Waals surface area contributed by atoms with Crippen molar-refractivity contribution >= 4 is 23.4 Å². The first-order chi connectivity index (χ1) is 6.86. The van der Waals surface area contributed by atoms with Crippen LogP contribution in [0.25, 0.3) is 0 Å². The molecule has 2 N–H and O–H groups in total. The minimum absolute atomic E-state index is 0.438. The molecule has 0 fully saturated rings. The predicted octanol–water partition coefficient (Wildman–Crippen LogP) is -0.967. The van der Waals surface area contributed by atoms with E-state index in [-0.39, 0.29) is 0 Å². The Morgan fingerprint density at radius 2 is 1.33 bits per heavy atom. The van der Waals surface area contributed by atoms with E-state index < -0.39 is 23.4 Å². The van der Waals surface area contributed by atoms with Crippen LogP contribution >= 0.6 is 0 Å². The highest BCUT2D eigenvalue weighted by atomic mass is 16.2. The first-order valence-corrected chi connectivity index (χ1v) is 4.38. The number of hydrogen-bond donors (Lipinski definition) is 2. The molecule has 0 rings (SSSR count). The smallest absolute Gasteiger partial charge is 0.287 e. The van der Waals surface area contributed by atoms with Crippen molar-refractivity contribution in [3.8, 4) is 0 Å². The molecule has 6 heteroatoms. The maximum Gasteiger partial charge on any atom is 0.287 e. The number of ketones is 2. The SMILES string of the molecule is CCNC(=O)C(C)=O.CNC(=O)C(C)=O. The predicted molar refractivity (Wildman–Crippen MR) is 54.1 cm³/mol. The first-order valence-electron chi connectivity index (χ1n) is 4.38. The molecular formula is C9H16N2O4. The van der Waals surface area contributed by atoms with Crippen molar-refractivity contribution in [3.63, 3.8) is 0 Å². The van der Waals surface area contributed by atoms with Gasteiger partial charge in [-0.3, -0.25) is 19.2 Å². The van der Waals surface area contributed by atoms with Gasteiger partial charge in [0.1, 0.15) is 0 Å². The molecule has 0 aromatic carbocycles. The summed E-state index contributed by atoms with van der Waals surface area (Å²) in [6.45, 7) is 4.74. The van der Waals surface area contributed by atoms with Crippen LogP contribution in [-0.2, 0) is 19.2 Å². The van der Waals surface area contributed by atoms with Crippen LogP contribution in [0.15, 0.2) is 0 Å². The largest absolute Gasteiger partial charge is 0.353 e. The minimum atomic E-state index is -0.542. The maximum absolute atomic E-state index is 10.3. The van der Waals surface area contributed by atoms with Gasteiger partial charge in [-0.25, -0.2) is 0 Å². The second-order valence-corrected chi connectivity index (χ2v) is 2.55. The summed E-state index contributed by atoms with van der Waals surface area (Å²) >= 11 is 0.